The molecule has 4 heteroatoms. The van der Waals surface area contributed by atoms with Crippen LogP contribution in [-0.4, -0.2) is 21.2 Å². The van der Waals surface area contributed by atoms with Gasteiger partial charge in [-0.1, -0.05) is 36.4 Å². The first-order valence-corrected chi connectivity index (χ1v) is 8.44. The van der Waals surface area contributed by atoms with Crippen molar-refractivity contribution >= 4 is 15.5 Å². The molecule has 2 aromatic carbocycles. The Bertz CT molecular complexity index is 679. The summed E-state index contributed by atoms with van der Waals surface area (Å²) >= 11 is 0. The van der Waals surface area contributed by atoms with Crippen LogP contribution in [0.4, 0.5) is 5.69 Å². The molecule has 0 amide bonds. The van der Waals surface area contributed by atoms with Gasteiger partial charge in [-0.3, -0.25) is 0 Å². The van der Waals surface area contributed by atoms with E-state index < -0.39 is 9.84 Å². The number of sulfone groups is 1. The van der Waals surface area contributed by atoms with Crippen molar-refractivity contribution in [2.75, 3.05) is 18.1 Å². The van der Waals surface area contributed by atoms with Crippen LogP contribution in [0, 0.1) is 6.92 Å². The minimum absolute atomic E-state index is 0.352. The third kappa shape index (κ3) is 3.84. The van der Waals surface area contributed by atoms with Crippen LogP contribution in [0.15, 0.2) is 53.4 Å². The minimum atomic E-state index is -3.16. The summed E-state index contributed by atoms with van der Waals surface area (Å²) in [4.78, 5) is 0.352. The van der Waals surface area contributed by atoms with Crippen molar-refractivity contribution in [3.8, 4) is 0 Å². The Balaban J connectivity index is 2.06. The van der Waals surface area contributed by atoms with Gasteiger partial charge in [-0.05, 0) is 36.6 Å². The van der Waals surface area contributed by atoms with Crippen LogP contribution in [0.1, 0.15) is 11.1 Å². The fourth-order valence-corrected chi connectivity index (χ4v) is 2.66. The fraction of sp³-hybridized carbons (Fsp3) is 0.250. The second kappa shape index (κ2) is 6.09. The summed E-state index contributed by atoms with van der Waals surface area (Å²) < 4.78 is 23.1. The maximum Gasteiger partial charge on any atom is 0.175 e. The lowest BCUT2D eigenvalue weighted by Crippen LogP contribution is -2.07. The highest BCUT2D eigenvalue weighted by Gasteiger charge is 2.09. The number of hydrogen-bond acceptors (Lipinski definition) is 3. The number of rotatable bonds is 5. The van der Waals surface area contributed by atoms with E-state index in [1.54, 1.807) is 12.1 Å². The maximum absolute atomic E-state index is 11.6. The molecule has 0 aliphatic heterocycles. The van der Waals surface area contributed by atoms with Gasteiger partial charge in [0.15, 0.2) is 9.84 Å². The summed E-state index contributed by atoms with van der Waals surface area (Å²) in [5, 5.41) is 3.31. The molecule has 2 rings (SSSR count). The van der Waals surface area contributed by atoms with Crippen molar-refractivity contribution in [3.63, 3.8) is 0 Å². The molecule has 0 saturated heterocycles. The molecule has 0 saturated carbocycles. The third-order valence-electron chi connectivity index (χ3n) is 3.21. The zero-order valence-corrected chi connectivity index (χ0v) is 12.6. The predicted molar refractivity (Wildman–Crippen MR) is 82.9 cm³/mol. The van der Waals surface area contributed by atoms with E-state index in [0.29, 0.717) is 4.90 Å². The molecule has 0 bridgehead atoms. The van der Waals surface area contributed by atoms with E-state index in [-0.39, 0.29) is 0 Å². The first-order valence-electron chi connectivity index (χ1n) is 6.55. The minimum Gasteiger partial charge on any atom is -0.384 e. The van der Waals surface area contributed by atoms with Gasteiger partial charge in [0.2, 0.25) is 0 Å². The van der Waals surface area contributed by atoms with E-state index in [1.807, 2.05) is 31.2 Å². The van der Waals surface area contributed by atoms with Gasteiger partial charge < -0.3 is 5.32 Å². The van der Waals surface area contributed by atoms with Gasteiger partial charge in [0.25, 0.3) is 0 Å². The molecule has 0 atom stereocenters. The van der Waals surface area contributed by atoms with Gasteiger partial charge in [0.1, 0.15) is 0 Å². The zero-order chi connectivity index (χ0) is 14.6. The average Bonchev–Trinajstić information content (AvgIpc) is 2.41. The molecular formula is C16H19NO2S. The van der Waals surface area contributed by atoms with Crippen molar-refractivity contribution < 1.29 is 8.42 Å². The summed E-state index contributed by atoms with van der Waals surface area (Å²) in [5.74, 6) is 0. The van der Waals surface area contributed by atoms with E-state index in [0.717, 1.165) is 24.2 Å². The Labute approximate surface area is 120 Å². The van der Waals surface area contributed by atoms with Crippen LogP contribution >= 0.6 is 0 Å². The van der Waals surface area contributed by atoms with E-state index in [9.17, 15) is 8.42 Å². The summed E-state index contributed by atoms with van der Waals surface area (Å²) in [6, 6.07) is 15.4. The van der Waals surface area contributed by atoms with Crippen LogP contribution in [-0.2, 0) is 16.3 Å². The van der Waals surface area contributed by atoms with Gasteiger partial charge >= 0.3 is 0 Å². The van der Waals surface area contributed by atoms with Crippen LogP contribution in [0.2, 0.25) is 0 Å². The topological polar surface area (TPSA) is 46.2 Å². The second-order valence-corrected chi connectivity index (χ2v) is 6.93. The predicted octanol–water partition coefficient (Wildman–Crippen LogP) is 3.05. The zero-order valence-electron chi connectivity index (χ0n) is 11.8. The average molecular weight is 289 g/mol. The summed E-state index contributed by atoms with van der Waals surface area (Å²) in [6.45, 7) is 2.75. The molecular weight excluding hydrogens is 270 g/mol. The highest BCUT2D eigenvalue weighted by molar-refractivity contribution is 7.90. The van der Waals surface area contributed by atoms with Crippen molar-refractivity contribution in [1.29, 1.82) is 0 Å². The Morgan fingerprint density at radius 1 is 1.05 bits per heavy atom. The normalized spacial score (nSPS) is 11.3. The van der Waals surface area contributed by atoms with Gasteiger partial charge in [-0.15, -0.1) is 0 Å². The van der Waals surface area contributed by atoms with Gasteiger partial charge in [-0.25, -0.2) is 8.42 Å². The quantitative estimate of drug-likeness (QED) is 0.920. The number of aryl methyl sites for hydroxylation is 1. The van der Waals surface area contributed by atoms with Gasteiger partial charge in [-0.2, -0.15) is 0 Å². The summed E-state index contributed by atoms with van der Waals surface area (Å²) in [6.07, 6.45) is 2.13. The van der Waals surface area contributed by atoms with Crippen molar-refractivity contribution in [1.82, 2.24) is 0 Å². The first-order chi connectivity index (χ1) is 9.47. The standard InChI is InChI=1S/C16H19NO2S/c1-13-8-9-15(20(2,18)19)12-16(13)17-11-10-14-6-4-3-5-7-14/h3-9,12,17H,10-11H2,1-2H3. The second-order valence-electron chi connectivity index (χ2n) is 4.91. The van der Waals surface area contributed by atoms with Crippen molar-refractivity contribution in [2.24, 2.45) is 0 Å². The van der Waals surface area contributed by atoms with Crippen LogP contribution < -0.4 is 5.32 Å². The molecule has 106 valence electrons. The Morgan fingerprint density at radius 2 is 1.75 bits per heavy atom. The maximum atomic E-state index is 11.6. The molecule has 2 aromatic rings. The van der Waals surface area contributed by atoms with E-state index >= 15 is 0 Å². The van der Waals surface area contributed by atoms with Crippen LogP contribution in [0.5, 0.6) is 0 Å². The Hall–Kier alpha value is -1.81. The molecule has 0 aromatic heterocycles. The highest BCUT2D eigenvalue weighted by Crippen LogP contribution is 2.20. The molecule has 0 heterocycles. The van der Waals surface area contributed by atoms with Crippen molar-refractivity contribution in [3.05, 3.63) is 59.7 Å². The van der Waals surface area contributed by atoms with Crippen LogP contribution in [0.3, 0.4) is 0 Å². The Kier molecular flexibility index (Phi) is 4.45. The lowest BCUT2D eigenvalue weighted by Gasteiger charge is -2.11. The largest absolute Gasteiger partial charge is 0.384 e. The molecule has 0 radical (unpaired) electrons. The third-order valence-corrected chi connectivity index (χ3v) is 4.32. The molecule has 3 nitrogen and oxygen atoms in total. The van der Waals surface area contributed by atoms with Crippen LogP contribution in [0.25, 0.3) is 0 Å². The molecule has 0 unspecified atom stereocenters. The monoisotopic (exact) mass is 289 g/mol. The number of hydrogen-bond donors (Lipinski definition) is 1. The number of anilines is 1. The number of benzene rings is 2. The van der Waals surface area contributed by atoms with Gasteiger partial charge in [0.05, 0.1) is 4.90 Å². The smallest absolute Gasteiger partial charge is 0.175 e. The number of nitrogens with one attached hydrogen (secondary N) is 1. The first kappa shape index (κ1) is 14.6. The molecule has 0 fully saturated rings. The Morgan fingerprint density at radius 3 is 2.40 bits per heavy atom. The van der Waals surface area contributed by atoms with E-state index in [1.165, 1.54) is 11.8 Å². The lowest BCUT2D eigenvalue weighted by molar-refractivity contribution is 0.602. The molecule has 1 N–H and O–H groups in total. The molecule has 20 heavy (non-hydrogen) atoms. The van der Waals surface area contributed by atoms with Gasteiger partial charge in [0, 0.05) is 18.5 Å². The summed E-state index contributed by atoms with van der Waals surface area (Å²) in [7, 11) is -3.16. The van der Waals surface area contributed by atoms with E-state index in [2.05, 4.69) is 17.4 Å². The van der Waals surface area contributed by atoms with E-state index in [4.69, 9.17) is 0 Å². The summed E-state index contributed by atoms with van der Waals surface area (Å²) in [5.41, 5.74) is 3.19. The fourth-order valence-electron chi connectivity index (χ4n) is 2.01. The molecule has 0 aliphatic rings. The SMILES string of the molecule is Cc1ccc(S(C)(=O)=O)cc1NCCc1ccccc1. The lowest BCUT2D eigenvalue weighted by atomic mass is 10.1. The molecule has 0 spiro atoms. The highest BCUT2D eigenvalue weighted by atomic mass is 32.2. The van der Waals surface area contributed by atoms with Crippen molar-refractivity contribution in [2.45, 2.75) is 18.2 Å². The molecule has 0 aliphatic carbocycles.